The fourth-order valence-electron chi connectivity index (χ4n) is 2.66. The quantitative estimate of drug-likeness (QED) is 0.903. The third kappa shape index (κ3) is 3.21. The van der Waals surface area contributed by atoms with Crippen LogP contribution in [0.2, 0.25) is 0 Å². The highest BCUT2D eigenvalue weighted by atomic mass is 32.2. The van der Waals surface area contributed by atoms with Gasteiger partial charge in [0, 0.05) is 18.7 Å². The van der Waals surface area contributed by atoms with Crippen molar-refractivity contribution in [2.24, 2.45) is 0 Å². The predicted molar refractivity (Wildman–Crippen MR) is 91.8 cm³/mol. The van der Waals surface area contributed by atoms with Crippen molar-refractivity contribution in [3.63, 3.8) is 0 Å². The first-order valence-corrected chi connectivity index (χ1v) is 9.06. The molecule has 0 saturated carbocycles. The van der Waals surface area contributed by atoms with Crippen molar-refractivity contribution in [1.82, 2.24) is 0 Å². The zero-order valence-electron chi connectivity index (χ0n) is 13.2. The average Bonchev–Trinajstić information content (AvgIpc) is 3.01. The number of carbonyl (C=O) groups is 1. The molecule has 0 bridgehead atoms. The van der Waals surface area contributed by atoms with Gasteiger partial charge in [-0.05, 0) is 42.8 Å². The van der Waals surface area contributed by atoms with E-state index in [1.807, 2.05) is 0 Å². The number of hydrogen-bond donors (Lipinski definition) is 1. The van der Waals surface area contributed by atoms with Gasteiger partial charge in [0.25, 0.3) is 10.0 Å². The minimum absolute atomic E-state index is 0.0674. The van der Waals surface area contributed by atoms with Crippen molar-refractivity contribution >= 4 is 27.3 Å². The van der Waals surface area contributed by atoms with E-state index in [0.717, 1.165) is 6.42 Å². The Bertz CT molecular complexity index is 847. The van der Waals surface area contributed by atoms with Gasteiger partial charge in [-0.2, -0.15) is 0 Å². The molecule has 7 heteroatoms. The monoisotopic (exact) mass is 346 g/mol. The summed E-state index contributed by atoms with van der Waals surface area (Å²) < 4.78 is 32.7. The molecule has 1 aliphatic heterocycles. The lowest BCUT2D eigenvalue weighted by atomic mass is 10.3. The highest BCUT2D eigenvalue weighted by molar-refractivity contribution is 7.92. The molecule has 24 heavy (non-hydrogen) atoms. The largest absolute Gasteiger partial charge is 0.495 e. The van der Waals surface area contributed by atoms with Crippen molar-refractivity contribution in [3.8, 4) is 5.75 Å². The standard InChI is InChI=1S/C17H18N2O4S/c1-23-16-6-3-2-5-15(16)18-24(21,22)14-10-8-13(9-11-14)19-12-4-7-17(19)20/h2-3,5-6,8-11,18H,4,7,12H2,1H3. The van der Waals surface area contributed by atoms with Crippen molar-refractivity contribution in [2.75, 3.05) is 23.3 Å². The van der Waals surface area contributed by atoms with Gasteiger partial charge >= 0.3 is 0 Å². The van der Waals surface area contributed by atoms with Crippen LogP contribution < -0.4 is 14.4 Å². The zero-order chi connectivity index (χ0) is 17.2. The van der Waals surface area contributed by atoms with Crippen LogP contribution in [0, 0.1) is 0 Å². The second kappa shape index (κ2) is 6.52. The molecule has 0 unspecified atom stereocenters. The summed E-state index contributed by atoms with van der Waals surface area (Å²) in [5.74, 6) is 0.512. The van der Waals surface area contributed by atoms with Gasteiger partial charge in [0.1, 0.15) is 5.75 Å². The van der Waals surface area contributed by atoms with Gasteiger partial charge in [0.15, 0.2) is 0 Å². The zero-order valence-corrected chi connectivity index (χ0v) is 14.0. The van der Waals surface area contributed by atoms with Gasteiger partial charge in [-0.3, -0.25) is 9.52 Å². The second-order valence-electron chi connectivity index (χ2n) is 5.45. The lowest BCUT2D eigenvalue weighted by Gasteiger charge is -2.16. The predicted octanol–water partition coefficient (Wildman–Crippen LogP) is 2.62. The second-order valence-corrected chi connectivity index (χ2v) is 7.13. The first kappa shape index (κ1) is 16.3. The van der Waals surface area contributed by atoms with Crippen molar-refractivity contribution in [2.45, 2.75) is 17.7 Å². The SMILES string of the molecule is COc1ccccc1NS(=O)(=O)c1ccc(N2CCCC2=O)cc1. The average molecular weight is 346 g/mol. The third-order valence-electron chi connectivity index (χ3n) is 3.88. The Morgan fingerprint density at radius 1 is 1.08 bits per heavy atom. The number of methoxy groups -OCH3 is 1. The molecular weight excluding hydrogens is 328 g/mol. The lowest BCUT2D eigenvalue weighted by Crippen LogP contribution is -2.23. The van der Waals surface area contributed by atoms with Crippen LogP contribution in [0.4, 0.5) is 11.4 Å². The molecular formula is C17H18N2O4S. The number of sulfonamides is 1. The molecule has 0 spiro atoms. The maximum atomic E-state index is 12.5. The molecule has 1 fully saturated rings. The van der Waals surface area contributed by atoms with E-state index in [9.17, 15) is 13.2 Å². The summed E-state index contributed by atoms with van der Waals surface area (Å²) >= 11 is 0. The van der Waals surface area contributed by atoms with Crippen molar-refractivity contribution in [3.05, 3.63) is 48.5 Å². The minimum Gasteiger partial charge on any atom is -0.495 e. The maximum Gasteiger partial charge on any atom is 0.262 e. The van der Waals surface area contributed by atoms with Crippen LogP contribution in [0.5, 0.6) is 5.75 Å². The van der Waals surface area contributed by atoms with Gasteiger partial charge in [0.2, 0.25) is 5.91 Å². The number of para-hydroxylation sites is 2. The fraction of sp³-hybridized carbons (Fsp3) is 0.235. The molecule has 1 N–H and O–H groups in total. The first-order valence-electron chi connectivity index (χ1n) is 7.57. The van der Waals surface area contributed by atoms with Gasteiger partial charge in [-0.1, -0.05) is 12.1 Å². The molecule has 1 amide bonds. The Morgan fingerprint density at radius 2 is 1.79 bits per heavy atom. The van der Waals surface area contributed by atoms with E-state index in [1.54, 1.807) is 41.3 Å². The molecule has 2 aromatic carbocycles. The molecule has 6 nitrogen and oxygen atoms in total. The summed E-state index contributed by atoms with van der Waals surface area (Å²) in [6.07, 6.45) is 1.36. The summed E-state index contributed by atoms with van der Waals surface area (Å²) in [6, 6.07) is 13.1. The highest BCUT2D eigenvalue weighted by Crippen LogP contribution is 2.27. The van der Waals surface area contributed by atoms with E-state index in [-0.39, 0.29) is 10.8 Å². The molecule has 3 rings (SSSR count). The Morgan fingerprint density at radius 3 is 2.42 bits per heavy atom. The number of nitrogens with zero attached hydrogens (tertiary/aromatic N) is 1. The summed E-state index contributed by atoms with van der Waals surface area (Å²) in [5.41, 5.74) is 1.09. The molecule has 0 atom stereocenters. The van der Waals surface area contributed by atoms with Gasteiger partial charge in [0.05, 0.1) is 17.7 Å². The normalized spacial score (nSPS) is 14.7. The van der Waals surface area contributed by atoms with Crippen LogP contribution in [0.3, 0.4) is 0 Å². The van der Waals surface area contributed by atoms with Crippen LogP contribution in [0.25, 0.3) is 0 Å². The first-order chi connectivity index (χ1) is 11.5. The lowest BCUT2D eigenvalue weighted by molar-refractivity contribution is -0.117. The van der Waals surface area contributed by atoms with E-state index >= 15 is 0 Å². The Balaban J connectivity index is 1.83. The summed E-state index contributed by atoms with van der Waals surface area (Å²) in [5, 5.41) is 0. The van der Waals surface area contributed by atoms with E-state index in [1.165, 1.54) is 19.2 Å². The maximum absolute atomic E-state index is 12.5. The topological polar surface area (TPSA) is 75.7 Å². The van der Waals surface area contributed by atoms with Crippen LogP contribution in [-0.4, -0.2) is 28.0 Å². The van der Waals surface area contributed by atoms with Crippen molar-refractivity contribution < 1.29 is 17.9 Å². The number of nitrogens with one attached hydrogen (secondary N) is 1. The van der Waals surface area contributed by atoms with E-state index in [0.29, 0.717) is 30.1 Å². The summed E-state index contributed by atoms with van der Waals surface area (Å²) in [6.45, 7) is 0.671. The van der Waals surface area contributed by atoms with E-state index in [2.05, 4.69) is 4.72 Å². The molecule has 0 aromatic heterocycles. The van der Waals surface area contributed by atoms with Gasteiger partial charge in [-0.25, -0.2) is 8.42 Å². The Labute approximate surface area is 141 Å². The third-order valence-corrected chi connectivity index (χ3v) is 5.26. The number of amides is 1. The molecule has 1 aliphatic rings. The van der Waals surface area contributed by atoms with Crippen LogP contribution in [0.1, 0.15) is 12.8 Å². The van der Waals surface area contributed by atoms with Crippen molar-refractivity contribution in [1.29, 1.82) is 0 Å². The molecule has 0 aliphatic carbocycles. The number of rotatable bonds is 5. The smallest absolute Gasteiger partial charge is 0.262 e. The van der Waals surface area contributed by atoms with Crippen LogP contribution >= 0.6 is 0 Å². The fourth-order valence-corrected chi connectivity index (χ4v) is 3.73. The number of carbonyl (C=O) groups excluding carboxylic acids is 1. The van der Waals surface area contributed by atoms with E-state index in [4.69, 9.17) is 4.74 Å². The van der Waals surface area contributed by atoms with E-state index < -0.39 is 10.0 Å². The number of benzene rings is 2. The highest BCUT2D eigenvalue weighted by Gasteiger charge is 2.22. The number of anilines is 2. The summed E-state index contributed by atoms with van der Waals surface area (Å²) in [4.78, 5) is 13.5. The van der Waals surface area contributed by atoms with Gasteiger partial charge < -0.3 is 9.64 Å². The number of ether oxygens (including phenoxy) is 1. The molecule has 0 radical (unpaired) electrons. The minimum atomic E-state index is -3.73. The van der Waals surface area contributed by atoms with Crippen LogP contribution in [-0.2, 0) is 14.8 Å². The Kier molecular flexibility index (Phi) is 4.44. The number of hydrogen-bond acceptors (Lipinski definition) is 4. The molecule has 126 valence electrons. The summed E-state index contributed by atoms with van der Waals surface area (Å²) in [7, 11) is -2.25. The Hall–Kier alpha value is -2.54. The van der Waals surface area contributed by atoms with Gasteiger partial charge in [-0.15, -0.1) is 0 Å². The molecule has 2 aromatic rings. The van der Waals surface area contributed by atoms with Crippen LogP contribution in [0.15, 0.2) is 53.4 Å². The molecule has 1 heterocycles. The molecule has 1 saturated heterocycles.